The van der Waals surface area contributed by atoms with Crippen LogP contribution in [-0.4, -0.2) is 38.1 Å². The van der Waals surface area contributed by atoms with Crippen molar-refractivity contribution in [1.29, 1.82) is 0 Å². The van der Waals surface area contributed by atoms with E-state index in [-0.39, 0.29) is 5.91 Å². The summed E-state index contributed by atoms with van der Waals surface area (Å²) >= 11 is 0. The number of rotatable bonds is 9. The molecule has 0 saturated heterocycles. The normalized spacial score (nSPS) is 10.8. The second-order valence-corrected chi connectivity index (χ2v) is 5.96. The predicted octanol–water partition coefficient (Wildman–Crippen LogP) is 3.08. The lowest BCUT2D eigenvalue weighted by Crippen LogP contribution is -2.28. The first-order valence-corrected chi connectivity index (χ1v) is 8.27. The molecule has 0 heterocycles. The number of nitrogens with one attached hydrogen (secondary N) is 1. The van der Waals surface area contributed by atoms with Crippen LogP contribution in [0.25, 0.3) is 0 Å². The largest absolute Gasteiger partial charge is 0.380 e. The van der Waals surface area contributed by atoms with E-state index >= 15 is 0 Å². The Morgan fingerprint density at radius 2 is 1.75 bits per heavy atom. The van der Waals surface area contributed by atoms with Crippen LogP contribution in [0.3, 0.4) is 0 Å². The Morgan fingerprint density at radius 1 is 1.04 bits per heavy atom. The zero-order valence-corrected chi connectivity index (χ0v) is 14.5. The number of carbonyl (C=O) groups is 1. The highest BCUT2D eigenvalue weighted by molar-refractivity contribution is 5.94. The molecule has 0 aliphatic rings. The summed E-state index contributed by atoms with van der Waals surface area (Å²) in [5.41, 5.74) is 3.06. The highest BCUT2D eigenvalue weighted by Crippen LogP contribution is 2.06. The van der Waals surface area contributed by atoms with Crippen LogP contribution < -0.4 is 5.32 Å². The fourth-order valence-electron chi connectivity index (χ4n) is 2.55. The molecular weight excluding hydrogens is 300 g/mol. The number of benzene rings is 2. The Bertz CT molecular complexity index is 611. The molecule has 4 heteroatoms. The van der Waals surface area contributed by atoms with Crippen molar-refractivity contribution >= 4 is 5.91 Å². The molecule has 0 atom stereocenters. The standard InChI is InChI=1S/C20H26N2O2/c1-22(15-17-7-4-3-5-8-17)14-6-13-21-20(23)19-11-9-18(10-12-19)16-24-2/h3-5,7-12H,6,13-16H2,1-2H3,(H,21,23). The molecule has 4 nitrogen and oxygen atoms in total. The van der Waals surface area contributed by atoms with Crippen molar-refractivity contribution < 1.29 is 9.53 Å². The van der Waals surface area contributed by atoms with Gasteiger partial charge in [0.25, 0.3) is 5.91 Å². The van der Waals surface area contributed by atoms with Crippen LogP contribution >= 0.6 is 0 Å². The minimum atomic E-state index is -0.0234. The molecule has 1 amide bonds. The molecule has 24 heavy (non-hydrogen) atoms. The van der Waals surface area contributed by atoms with E-state index < -0.39 is 0 Å². The number of nitrogens with zero attached hydrogens (tertiary/aromatic N) is 1. The van der Waals surface area contributed by atoms with Crippen LogP contribution in [0.5, 0.6) is 0 Å². The van der Waals surface area contributed by atoms with Gasteiger partial charge in [-0.3, -0.25) is 4.79 Å². The summed E-state index contributed by atoms with van der Waals surface area (Å²) in [7, 11) is 3.76. The van der Waals surface area contributed by atoms with Gasteiger partial charge in [0.15, 0.2) is 0 Å². The van der Waals surface area contributed by atoms with E-state index in [1.54, 1.807) is 7.11 Å². The molecule has 0 aromatic heterocycles. The predicted molar refractivity (Wildman–Crippen MR) is 96.9 cm³/mol. The van der Waals surface area contributed by atoms with Crippen LogP contribution in [-0.2, 0) is 17.9 Å². The first-order chi connectivity index (χ1) is 11.7. The smallest absolute Gasteiger partial charge is 0.251 e. The van der Waals surface area contributed by atoms with Gasteiger partial charge in [-0.2, -0.15) is 0 Å². The molecule has 1 N–H and O–H groups in total. The zero-order chi connectivity index (χ0) is 17.2. The van der Waals surface area contributed by atoms with Gasteiger partial charge in [-0.1, -0.05) is 42.5 Å². The topological polar surface area (TPSA) is 41.6 Å². The van der Waals surface area contributed by atoms with Crippen molar-refractivity contribution in [3.8, 4) is 0 Å². The van der Waals surface area contributed by atoms with Crippen LogP contribution in [0.4, 0.5) is 0 Å². The van der Waals surface area contributed by atoms with Gasteiger partial charge in [0, 0.05) is 25.8 Å². The molecule has 0 unspecified atom stereocenters. The highest BCUT2D eigenvalue weighted by Gasteiger charge is 2.05. The number of carbonyl (C=O) groups excluding carboxylic acids is 1. The first kappa shape index (κ1) is 18.2. The second kappa shape index (κ2) is 9.85. The second-order valence-electron chi connectivity index (χ2n) is 5.96. The van der Waals surface area contributed by atoms with Gasteiger partial charge in [-0.15, -0.1) is 0 Å². The first-order valence-electron chi connectivity index (χ1n) is 8.27. The van der Waals surface area contributed by atoms with E-state index in [1.165, 1.54) is 5.56 Å². The van der Waals surface area contributed by atoms with Gasteiger partial charge in [0.1, 0.15) is 0 Å². The van der Waals surface area contributed by atoms with Crippen LogP contribution in [0.1, 0.15) is 27.9 Å². The van der Waals surface area contributed by atoms with Gasteiger partial charge in [0.05, 0.1) is 6.61 Å². The van der Waals surface area contributed by atoms with Crippen molar-refractivity contribution in [3.05, 3.63) is 71.3 Å². The lowest BCUT2D eigenvalue weighted by Gasteiger charge is -2.16. The lowest BCUT2D eigenvalue weighted by atomic mass is 10.1. The monoisotopic (exact) mass is 326 g/mol. The molecule has 0 spiro atoms. The maximum atomic E-state index is 12.1. The number of hydrogen-bond acceptors (Lipinski definition) is 3. The summed E-state index contributed by atoms with van der Waals surface area (Å²) in [6, 6.07) is 17.9. The van der Waals surface area contributed by atoms with E-state index in [2.05, 4.69) is 41.5 Å². The molecular formula is C20H26N2O2. The number of hydrogen-bond donors (Lipinski definition) is 1. The Morgan fingerprint density at radius 3 is 2.42 bits per heavy atom. The van der Waals surface area contributed by atoms with Crippen molar-refractivity contribution in [2.24, 2.45) is 0 Å². The molecule has 0 aliphatic carbocycles. The molecule has 0 bridgehead atoms. The molecule has 0 aliphatic heterocycles. The number of methoxy groups -OCH3 is 1. The molecule has 2 aromatic carbocycles. The molecule has 2 aromatic rings. The summed E-state index contributed by atoms with van der Waals surface area (Å²) < 4.78 is 5.07. The fourth-order valence-corrected chi connectivity index (χ4v) is 2.55. The van der Waals surface area contributed by atoms with Crippen LogP contribution in [0.2, 0.25) is 0 Å². The Kier molecular flexibility index (Phi) is 7.46. The summed E-state index contributed by atoms with van der Waals surface area (Å²) in [6.45, 7) is 3.12. The van der Waals surface area contributed by atoms with Crippen molar-refractivity contribution in [3.63, 3.8) is 0 Å². The van der Waals surface area contributed by atoms with Gasteiger partial charge < -0.3 is 15.0 Å². The van der Waals surface area contributed by atoms with E-state index in [0.29, 0.717) is 18.7 Å². The number of ether oxygens (including phenoxy) is 1. The van der Waals surface area contributed by atoms with Gasteiger partial charge in [-0.25, -0.2) is 0 Å². The van der Waals surface area contributed by atoms with Crippen molar-refractivity contribution in [2.75, 3.05) is 27.2 Å². The van der Waals surface area contributed by atoms with E-state index in [1.807, 2.05) is 30.3 Å². The Balaban J connectivity index is 1.67. The quantitative estimate of drug-likeness (QED) is 0.720. The third kappa shape index (κ3) is 6.14. The summed E-state index contributed by atoms with van der Waals surface area (Å²) in [4.78, 5) is 14.4. The van der Waals surface area contributed by atoms with Gasteiger partial charge in [-0.05, 0) is 43.3 Å². The third-order valence-corrected chi connectivity index (χ3v) is 3.82. The average Bonchev–Trinajstić information content (AvgIpc) is 2.60. The van der Waals surface area contributed by atoms with E-state index in [0.717, 1.165) is 25.1 Å². The minimum Gasteiger partial charge on any atom is -0.380 e. The van der Waals surface area contributed by atoms with Gasteiger partial charge in [0.2, 0.25) is 0 Å². The molecule has 2 rings (SSSR count). The number of amides is 1. The fraction of sp³-hybridized carbons (Fsp3) is 0.350. The molecule has 0 radical (unpaired) electrons. The van der Waals surface area contributed by atoms with Crippen LogP contribution in [0.15, 0.2) is 54.6 Å². The lowest BCUT2D eigenvalue weighted by molar-refractivity contribution is 0.0952. The summed E-state index contributed by atoms with van der Waals surface area (Å²) in [5, 5.41) is 2.97. The zero-order valence-electron chi connectivity index (χ0n) is 14.5. The van der Waals surface area contributed by atoms with Crippen molar-refractivity contribution in [1.82, 2.24) is 10.2 Å². The van der Waals surface area contributed by atoms with Gasteiger partial charge >= 0.3 is 0 Å². The highest BCUT2D eigenvalue weighted by atomic mass is 16.5. The molecule has 0 fully saturated rings. The Labute approximate surface area is 144 Å². The molecule has 128 valence electrons. The maximum absolute atomic E-state index is 12.1. The van der Waals surface area contributed by atoms with Crippen molar-refractivity contribution in [2.45, 2.75) is 19.6 Å². The summed E-state index contributed by atoms with van der Waals surface area (Å²) in [5.74, 6) is -0.0234. The third-order valence-electron chi connectivity index (χ3n) is 3.82. The summed E-state index contributed by atoms with van der Waals surface area (Å²) in [6.07, 6.45) is 0.927. The molecule has 0 saturated carbocycles. The van der Waals surface area contributed by atoms with E-state index in [9.17, 15) is 4.79 Å². The van der Waals surface area contributed by atoms with E-state index in [4.69, 9.17) is 4.74 Å². The maximum Gasteiger partial charge on any atom is 0.251 e. The minimum absolute atomic E-state index is 0.0234. The van der Waals surface area contributed by atoms with Crippen LogP contribution in [0, 0.1) is 0 Å². The Hall–Kier alpha value is -2.17. The SMILES string of the molecule is COCc1ccc(C(=O)NCCCN(C)Cc2ccccc2)cc1. The average molecular weight is 326 g/mol.